The van der Waals surface area contributed by atoms with Crippen molar-refractivity contribution in [1.82, 2.24) is 14.9 Å². The summed E-state index contributed by atoms with van der Waals surface area (Å²) in [6.07, 6.45) is -1.31. The Balaban J connectivity index is 2.08. The number of nitrogens with two attached hydrogens (primary N) is 1. The average Bonchev–Trinajstić information content (AvgIpc) is 2.45. The summed E-state index contributed by atoms with van der Waals surface area (Å²) in [5.74, 6) is 3.98. The number of likely N-dealkylation sites (N-methyl/N-ethyl adjacent to an activating group) is 1. The van der Waals surface area contributed by atoms with Gasteiger partial charge in [0, 0.05) is 18.7 Å². The smallest absolute Gasteiger partial charge is 0.368 e. The summed E-state index contributed by atoms with van der Waals surface area (Å²) in [5.41, 5.74) is 2.13. The highest BCUT2D eigenvalue weighted by atomic mass is 19.4. The van der Waals surface area contributed by atoms with E-state index in [1.54, 1.807) is 0 Å². The van der Waals surface area contributed by atoms with Crippen molar-refractivity contribution in [2.45, 2.75) is 31.5 Å². The zero-order chi connectivity index (χ0) is 15.5. The molecule has 2 heterocycles. The molecule has 1 aromatic rings. The molecule has 1 aliphatic rings. The first-order valence-corrected chi connectivity index (χ1v) is 6.77. The topological polar surface area (TPSA) is 79.1 Å². The van der Waals surface area contributed by atoms with Crippen LogP contribution in [-0.2, 0) is 6.18 Å². The van der Waals surface area contributed by atoms with Crippen LogP contribution in [0.4, 0.5) is 24.8 Å². The van der Waals surface area contributed by atoms with Crippen molar-refractivity contribution in [2.75, 3.05) is 30.9 Å². The van der Waals surface area contributed by atoms with Crippen LogP contribution in [0.1, 0.15) is 25.1 Å². The van der Waals surface area contributed by atoms with Crippen molar-refractivity contribution in [3.63, 3.8) is 0 Å². The Hall–Kier alpha value is -1.61. The number of halogens is 3. The number of likely N-dealkylation sites (tertiary alicyclic amines) is 1. The van der Waals surface area contributed by atoms with Crippen molar-refractivity contribution in [3.05, 3.63) is 11.9 Å². The molecule has 1 aromatic heterocycles. The van der Waals surface area contributed by atoms with E-state index in [0.717, 1.165) is 25.8 Å². The summed E-state index contributed by atoms with van der Waals surface area (Å²) in [6, 6.07) is 1.65. The number of nitrogens with zero attached hydrogens (tertiary/aromatic N) is 3. The summed E-state index contributed by atoms with van der Waals surface area (Å²) in [7, 11) is 2.01. The van der Waals surface area contributed by atoms with Gasteiger partial charge in [0.2, 0.25) is 5.82 Å². The fourth-order valence-corrected chi connectivity index (χ4v) is 2.36. The highest BCUT2D eigenvalue weighted by Crippen LogP contribution is 2.28. The molecule has 2 rings (SSSR count). The van der Waals surface area contributed by atoms with Crippen LogP contribution in [-0.4, -0.2) is 41.0 Å². The summed E-state index contributed by atoms with van der Waals surface area (Å²) in [4.78, 5) is 9.01. The number of hydrogen-bond donors (Lipinski definition) is 3. The first kappa shape index (κ1) is 15.8. The molecule has 21 heavy (non-hydrogen) atoms. The van der Waals surface area contributed by atoms with E-state index in [1.165, 1.54) is 6.07 Å². The van der Waals surface area contributed by atoms with E-state index >= 15 is 0 Å². The quantitative estimate of drug-likeness (QED) is 0.580. The largest absolute Gasteiger partial charge is 0.451 e. The molecule has 0 aromatic carbocycles. The lowest BCUT2D eigenvalue weighted by atomic mass is 10.0. The number of hydrazine groups is 1. The zero-order valence-corrected chi connectivity index (χ0v) is 11.7. The normalized spacial score (nSPS) is 20.3. The highest BCUT2D eigenvalue weighted by Gasteiger charge is 2.35. The van der Waals surface area contributed by atoms with Crippen molar-refractivity contribution in [1.29, 1.82) is 0 Å². The van der Waals surface area contributed by atoms with E-state index in [1.807, 2.05) is 7.05 Å². The molecule has 1 fully saturated rings. The molecule has 0 radical (unpaired) electrons. The zero-order valence-electron chi connectivity index (χ0n) is 11.7. The Labute approximate surface area is 120 Å². The van der Waals surface area contributed by atoms with Gasteiger partial charge in [0.15, 0.2) is 0 Å². The van der Waals surface area contributed by atoms with Crippen LogP contribution in [0.25, 0.3) is 0 Å². The van der Waals surface area contributed by atoms with Crippen molar-refractivity contribution in [3.8, 4) is 0 Å². The second kappa shape index (κ2) is 6.44. The standard InChI is InChI=1S/C12H19F3N6/c1-21-5-3-2-4-8(21)7-17-9-6-10(20-16)19-11(18-9)12(13,14)15/h6,8H,2-5,7,16H2,1H3,(H2,17,18,19,20). The highest BCUT2D eigenvalue weighted by molar-refractivity contribution is 5.47. The Kier molecular flexibility index (Phi) is 4.84. The Morgan fingerprint density at radius 2 is 2.05 bits per heavy atom. The lowest BCUT2D eigenvalue weighted by Crippen LogP contribution is -2.40. The molecule has 0 spiro atoms. The molecule has 1 atom stereocenters. The number of aromatic nitrogens is 2. The van der Waals surface area contributed by atoms with Gasteiger partial charge in [-0.3, -0.25) is 0 Å². The van der Waals surface area contributed by atoms with Gasteiger partial charge >= 0.3 is 6.18 Å². The number of alkyl halides is 3. The minimum atomic E-state index is -4.61. The Bertz CT molecular complexity index is 479. The number of hydrogen-bond acceptors (Lipinski definition) is 6. The van der Waals surface area contributed by atoms with Crippen LogP contribution in [0.3, 0.4) is 0 Å². The number of rotatable bonds is 4. The molecule has 4 N–H and O–H groups in total. The summed E-state index contributed by atoms with van der Waals surface area (Å²) in [5, 5.41) is 2.94. The van der Waals surface area contributed by atoms with E-state index < -0.39 is 12.0 Å². The molecule has 9 heteroatoms. The second-order valence-corrected chi connectivity index (χ2v) is 5.12. The average molecular weight is 304 g/mol. The van der Waals surface area contributed by atoms with Crippen LogP contribution in [0.5, 0.6) is 0 Å². The van der Waals surface area contributed by atoms with Crippen LogP contribution in [0.15, 0.2) is 6.07 Å². The number of nitrogens with one attached hydrogen (secondary N) is 2. The van der Waals surface area contributed by atoms with Crippen LogP contribution >= 0.6 is 0 Å². The monoisotopic (exact) mass is 304 g/mol. The van der Waals surface area contributed by atoms with Gasteiger partial charge in [0.25, 0.3) is 0 Å². The van der Waals surface area contributed by atoms with E-state index in [4.69, 9.17) is 5.84 Å². The first-order chi connectivity index (χ1) is 9.90. The molecule has 0 amide bonds. The van der Waals surface area contributed by atoms with Gasteiger partial charge in [0.05, 0.1) is 0 Å². The summed E-state index contributed by atoms with van der Waals surface area (Å²) < 4.78 is 38.1. The summed E-state index contributed by atoms with van der Waals surface area (Å²) >= 11 is 0. The van der Waals surface area contributed by atoms with Crippen LogP contribution in [0, 0.1) is 0 Å². The minimum absolute atomic E-state index is 0.0724. The molecular weight excluding hydrogens is 285 g/mol. The number of nitrogen functional groups attached to an aromatic ring is 1. The molecule has 1 unspecified atom stereocenters. The van der Waals surface area contributed by atoms with Gasteiger partial charge in [-0.15, -0.1) is 0 Å². The van der Waals surface area contributed by atoms with Crippen molar-refractivity contribution >= 4 is 11.6 Å². The Morgan fingerprint density at radius 3 is 2.67 bits per heavy atom. The van der Waals surface area contributed by atoms with Gasteiger partial charge in [-0.25, -0.2) is 15.8 Å². The molecule has 0 bridgehead atoms. The van der Waals surface area contributed by atoms with E-state index in [2.05, 4.69) is 25.6 Å². The predicted octanol–water partition coefficient (Wildman–Crippen LogP) is 1.68. The molecule has 118 valence electrons. The maximum absolute atomic E-state index is 12.7. The molecular formula is C12H19F3N6. The maximum Gasteiger partial charge on any atom is 0.451 e. The van der Waals surface area contributed by atoms with Gasteiger partial charge in [-0.1, -0.05) is 6.42 Å². The molecule has 1 aliphatic heterocycles. The SMILES string of the molecule is CN1CCCCC1CNc1cc(NN)nc(C(F)(F)F)n1. The van der Waals surface area contributed by atoms with Gasteiger partial charge in [0.1, 0.15) is 11.6 Å². The third-order valence-electron chi connectivity index (χ3n) is 3.57. The van der Waals surface area contributed by atoms with E-state index in [-0.39, 0.29) is 17.7 Å². The first-order valence-electron chi connectivity index (χ1n) is 6.77. The molecule has 1 saturated heterocycles. The van der Waals surface area contributed by atoms with Crippen molar-refractivity contribution < 1.29 is 13.2 Å². The summed E-state index contributed by atoms with van der Waals surface area (Å²) in [6.45, 7) is 1.54. The van der Waals surface area contributed by atoms with E-state index in [9.17, 15) is 13.2 Å². The fourth-order valence-electron chi connectivity index (χ4n) is 2.36. The second-order valence-electron chi connectivity index (χ2n) is 5.12. The molecule has 6 nitrogen and oxygen atoms in total. The Morgan fingerprint density at radius 1 is 1.33 bits per heavy atom. The lowest BCUT2D eigenvalue weighted by molar-refractivity contribution is -0.144. The molecule has 0 saturated carbocycles. The van der Waals surface area contributed by atoms with Crippen LogP contribution < -0.4 is 16.6 Å². The van der Waals surface area contributed by atoms with E-state index in [0.29, 0.717) is 6.54 Å². The predicted molar refractivity (Wildman–Crippen MR) is 73.6 cm³/mol. The number of piperidine rings is 1. The number of anilines is 2. The molecule has 0 aliphatic carbocycles. The third-order valence-corrected chi connectivity index (χ3v) is 3.57. The van der Waals surface area contributed by atoms with Crippen molar-refractivity contribution in [2.24, 2.45) is 5.84 Å². The maximum atomic E-state index is 12.7. The van der Waals surface area contributed by atoms with Gasteiger partial charge in [-0.05, 0) is 26.4 Å². The van der Waals surface area contributed by atoms with Gasteiger partial charge < -0.3 is 15.6 Å². The lowest BCUT2D eigenvalue weighted by Gasteiger charge is -2.32. The van der Waals surface area contributed by atoms with Gasteiger partial charge in [-0.2, -0.15) is 13.2 Å². The fraction of sp³-hybridized carbons (Fsp3) is 0.667. The minimum Gasteiger partial charge on any atom is -0.368 e. The third kappa shape index (κ3) is 4.18. The van der Waals surface area contributed by atoms with Crippen LogP contribution in [0.2, 0.25) is 0 Å².